The van der Waals surface area contributed by atoms with Crippen molar-refractivity contribution in [2.45, 2.75) is 33.1 Å². The van der Waals surface area contributed by atoms with Gasteiger partial charge in [-0.05, 0) is 62.5 Å². The van der Waals surface area contributed by atoms with Gasteiger partial charge in [-0.15, -0.1) is 0 Å². The first-order chi connectivity index (χ1) is 7.67. The Balaban J connectivity index is 2.68. The molecule has 16 heavy (non-hydrogen) atoms. The summed E-state index contributed by atoms with van der Waals surface area (Å²) < 4.78 is 13.0. The van der Waals surface area contributed by atoms with Crippen LogP contribution >= 0.6 is 0 Å². The predicted octanol–water partition coefficient (Wildman–Crippen LogP) is 3.31. The molecule has 90 valence electrons. The molecule has 1 aromatic carbocycles. The van der Waals surface area contributed by atoms with Gasteiger partial charge < -0.3 is 5.32 Å². The smallest absolute Gasteiger partial charge is 0.123 e. The Bertz CT molecular complexity index is 317. The Labute approximate surface area is 98.1 Å². The molecule has 1 atom stereocenters. The summed E-state index contributed by atoms with van der Waals surface area (Å²) in [6, 6.07) is 5.10. The second kappa shape index (κ2) is 6.64. The zero-order valence-electron chi connectivity index (χ0n) is 10.5. The van der Waals surface area contributed by atoms with Crippen LogP contribution in [0.4, 0.5) is 4.39 Å². The molecule has 1 rings (SSSR count). The molecule has 0 aliphatic heterocycles. The molecule has 0 radical (unpaired) electrons. The van der Waals surface area contributed by atoms with E-state index >= 15 is 0 Å². The Morgan fingerprint density at radius 1 is 1.38 bits per heavy atom. The van der Waals surface area contributed by atoms with Crippen molar-refractivity contribution in [1.82, 2.24) is 5.32 Å². The minimum absolute atomic E-state index is 0.137. The average Bonchev–Trinajstić information content (AvgIpc) is 2.23. The van der Waals surface area contributed by atoms with Gasteiger partial charge in [-0.25, -0.2) is 4.39 Å². The van der Waals surface area contributed by atoms with Crippen molar-refractivity contribution >= 4 is 0 Å². The summed E-state index contributed by atoms with van der Waals surface area (Å²) in [5.74, 6) is 0.515. The van der Waals surface area contributed by atoms with E-state index in [1.54, 1.807) is 12.1 Å². The van der Waals surface area contributed by atoms with Crippen molar-refractivity contribution in [2.75, 3.05) is 13.6 Å². The maximum Gasteiger partial charge on any atom is 0.123 e. The molecule has 1 unspecified atom stereocenters. The Hall–Kier alpha value is -0.890. The third kappa shape index (κ3) is 3.93. The van der Waals surface area contributed by atoms with Crippen molar-refractivity contribution in [3.63, 3.8) is 0 Å². The number of benzene rings is 1. The van der Waals surface area contributed by atoms with Crippen LogP contribution in [-0.2, 0) is 6.42 Å². The van der Waals surface area contributed by atoms with Crippen molar-refractivity contribution in [2.24, 2.45) is 5.92 Å². The lowest BCUT2D eigenvalue weighted by Crippen LogP contribution is -2.21. The van der Waals surface area contributed by atoms with Gasteiger partial charge in [-0.2, -0.15) is 0 Å². The molecule has 0 spiro atoms. The summed E-state index contributed by atoms with van der Waals surface area (Å²) in [6.45, 7) is 5.23. The van der Waals surface area contributed by atoms with Gasteiger partial charge in [-0.1, -0.05) is 19.4 Å². The quantitative estimate of drug-likeness (QED) is 0.780. The van der Waals surface area contributed by atoms with E-state index in [0.717, 1.165) is 18.5 Å². The first kappa shape index (κ1) is 13.2. The van der Waals surface area contributed by atoms with Gasteiger partial charge in [0.25, 0.3) is 0 Å². The number of nitrogens with one attached hydrogen (secondary N) is 1. The zero-order valence-corrected chi connectivity index (χ0v) is 10.5. The highest BCUT2D eigenvalue weighted by atomic mass is 19.1. The number of hydrogen-bond donors (Lipinski definition) is 1. The number of aryl methyl sites for hydroxylation is 1. The van der Waals surface area contributed by atoms with Gasteiger partial charge in [0, 0.05) is 0 Å². The van der Waals surface area contributed by atoms with Gasteiger partial charge in [-0.3, -0.25) is 0 Å². The van der Waals surface area contributed by atoms with E-state index in [0.29, 0.717) is 5.92 Å². The van der Waals surface area contributed by atoms with Crippen molar-refractivity contribution in [3.05, 3.63) is 35.1 Å². The highest BCUT2D eigenvalue weighted by molar-refractivity contribution is 5.26. The largest absolute Gasteiger partial charge is 0.319 e. The maximum absolute atomic E-state index is 13.0. The molecule has 0 saturated carbocycles. The molecule has 0 aromatic heterocycles. The third-order valence-electron chi connectivity index (χ3n) is 3.00. The van der Waals surface area contributed by atoms with Gasteiger partial charge in [0.2, 0.25) is 0 Å². The highest BCUT2D eigenvalue weighted by Crippen LogP contribution is 2.17. The monoisotopic (exact) mass is 223 g/mol. The summed E-state index contributed by atoms with van der Waals surface area (Å²) in [6.07, 6.45) is 3.46. The SMILES string of the molecule is CCCC(CNC)Cc1ccc(F)cc1C. The number of rotatable bonds is 6. The van der Waals surface area contributed by atoms with Crippen LogP contribution in [0.25, 0.3) is 0 Å². The van der Waals surface area contributed by atoms with Gasteiger partial charge in [0.05, 0.1) is 0 Å². The Kier molecular flexibility index (Phi) is 5.47. The van der Waals surface area contributed by atoms with E-state index in [1.807, 2.05) is 20.0 Å². The van der Waals surface area contributed by atoms with Crippen LogP contribution in [0.5, 0.6) is 0 Å². The predicted molar refractivity (Wildman–Crippen MR) is 67.2 cm³/mol. The van der Waals surface area contributed by atoms with E-state index in [9.17, 15) is 4.39 Å². The molecule has 1 N–H and O–H groups in total. The lowest BCUT2D eigenvalue weighted by Gasteiger charge is -2.17. The van der Waals surface area contributed by atoms with Crippen LogP contribution in [0.1, 0.15) is 30.9 Å². The summed E-state index contributed by atoms with van der Waals surface area (Å²) >= 11 is 0. The normalized spacial score (nSPS) is 12.8. The molecule has 0 amide bonds. The maximum atomic E-state index is 13.0. The molecule has 0 heterocycles. The molecule has 0 aliphatic carbocycles. The fraction of sp³-hybridized carbons (Fsp3) is 0.571. The fourth-order valence-corrected chi connectivity index (χ4v) is 2.17. The molecule has 0 fully saturated rings. The molecule has 2 heteroatoms. The molecule has 0 bridgehead atoms. The van der Waals surface area contributed by atoms with Crippen molar-refractivity contribution < 1.29 is 4.39 Å². The molecular formula is C14H22FN. The lowest BCUT2D eigenvalue weighted by atomic mass is 9.92. The van der Waals surface area contributed by atoms with Crippen LogP contribution in [-0.4, -0.2) is 13.6 Å². The lowest BCUT2D eigenvalue weighted by molar-refractivity contribution is 0.455. The van der Waals surface area contributed by atoms with Gasteiger partial charge >= 0.3 is 0 Å². The van der Waals surface area contributed by atoms with Crippen LogP contribution in [0, 0.1) is 18.7 Å². The Morgan fingerprint density at radius 2 is 2.12 bits per heavy atom. The summed E-state index contributed by atoms with van der Waals surface area (Å²) in [5, 5.41) is 3.23. The number of hydrogen-bond acceptors (Lipinski definition) is 1. The highest BCUT2D eigenvalue weighted by Gasteiger charge is 2.09. The van der Waals surface area contributed by atoms with E-state index in [4.69, 9.17) is 0 Å². The van der Waals surface area contributed by atoms with Crippen LogP contribution in [0.2, 0.25) is 0 Å². The van der Waals surface area contributed by atoms with E-state index in [-0.39, 0.29) is 5.82 Å². The third-order valence-corrected chi connectivity index (χ3v) is 3.00. The minimum atomic E-state index is -0.137. The van der Waals surface area contributed by atoms with Crippen LogP contribution in [0.3, 0.4) is 0 Å². The fourth-order valence-electron chi connectivity index (χ4n) is 2.17. The molecule has 1 aromatic rings. The van der Waals surface area contributed by atoms with Crippen molar-refractivity contribution in [1.29, 1.82) is 0 Å². The number of halogens is 1. The minimum Gasteiger partial charge on any atom is -0.319 e. The second-order valence-electron chi connectivity index (χ2n) is 4.49. The molecule has 0 aliphatic rings. The standard InChI is InChI=1S/C14H22FN/c1-4-5-12(10-16-3)9-13-6-7-14(15)8-11(13)2/h6-8,12,16H,4-5,9-10H2,1-3H3. The average molecular weight is 223 g/mol. The first-order valence-corrected chi connectivity index (χ1v) is 6.07. The van der Waals surface area contributed by atoms with Gasteiger partial charge in [0.15, 0.2) is 0 Å². The van der Waals surface area contributed by atoms with Crippen LogP contribution < -0.4 is 5.32 Å². The summed E-state index contributed by atoms with van der Waals surface area (Å²) in [4.78, 5) is 0. The zero-order chi connectivity index (χ0) is 12.0. The first-order valence-electron chi connectivity index (χ1n) is 6.07. The molecule has 0 saturated heterocycles. The van der Waals surface area contributed by atoms with Crippen molar-refractivity contribution in [3.8, 4) is 0 Å². The Morgan fingerprint density at radius 3 is 2.69 bits per heavy atom. The second-order valence-corrected chi connectivity index (χ2v) is 4.49. The van der Waals surface area contributed by atoms with Gasteiger partial charge in [0.1, 0.15) is 5.82 Å². The van der Waals surface area contributed by atoms with E-state index in [1.165, 1.54) is 18.4 Å². The summed E-state index contributed by atoms with van der Waals surface area (Å²) in [7, 11) is 1.99. The van der Waals surface area contributed by atoms with Crippen LogP contribution in [0.15, 0.2) is 18.2 Å². The molecule has 1 nitrogen and oxygen atoms in total. The topological polar surface area (TPSA) is 12.0 Å². The van der Waals surface area contributed by atoms with E-state index in [2.05, 4.69) is 12.2 Å². The summed E-state index contributed by atoms with van der Waals surface area (Å²) in [5.41, 5.74) is 2.34. The van der Waals surface area contributed by atoms with E-state index < -0.39 is 0 Å². The molecular weight excluding hydrogens is 201 g/mol.